The Hall–Kier alpha value is -1.71. The highest BCUT2D eigenvalue weighted by atomic mass is 35.5. The summed E-state index contributed by atoms with van der Waals surface area (Å²) >= 11 is 8.54. The first kappa shape index (κ1) is 32.5. The van der Waals surface area contributed by atoms with Crippen LogP contribution >= 0.6 is 60.8 Å². The van der Waals surface area contributed by atoms with Crippen molar-refractivity contribution in [1.29, 1.82) is 0 Å². The zero-order valence-electron chi connectivity index (χ0n) is 21.5. The molecule has 6 nitrogen and oxygen atoms in total. The number of piperazine rings is 1. The highest BCUT2D eigenvalue weighted by molar-refractivity contribution is 7.97. The van der Waals surface area contributed by atoms with Gasteiger partial charge >= 0.3 is 0 Å². The van der Waals surface area contributed by atoms with E-state index in [2.05, 4.69) is 67.1 Å². The van der Waals surface area contributed by atoms with Crippen LogP contribution in [0.2, 0.25) is 5.02 Å². The minimum atomic E-state index is 0. The fourth-order valence-corrected chi connectivity index (χ4v) is 5.64. The molecule has 2 aromatic heterocycles. The van der Waals surface area contributed by atoms with Crippen LogP contribution in [0.1, 0.15) is 5.56 Å². The van der Waals surface area contributed by atoms with Crippen molar-refractivity contribution in [2.45, 2.75) is 6.54 Å². The van der Waals surface area contributed by atoms with Gasteiger partial charge in [-0.15, -0.1) is 37.2 Å². The Bertz CT molecular complexity index is 1280. The number of anilines is 1. The molecule has 4 aromatic rings. The molecule has 0 spiro atoms. The third-order valence-electron chi connectivity index (χ3n) is 6.66. The summed E-state index contributed by atoms with van der Waals surface area (Å²) in [5.74, 6) is 0.786. The van der Waals surface area contributed by atoms with Crippen LogP contribution in [0.4, 0.5) is 5.69 Å². The number of nitrogens with zero attached hydrogens (tertiary/aromatic N) is 6. The van der Waals surface area contributed by atoms with Gasteiger partial charge in [-0.2, -0.15) is 0 Å². The molecular weight excluding hydrogens is 582 g/mol. The topological polar surface area (TPSA) is 40.4 Å². The predicted molar refractivity (Wildman–Crippen MR) is 170 cm³/mol. The third kappa shape index (κ3) is 7.27. The quantitative estimate of drug-likeness (QED) is 0.229. The summed E-state index contributed by atoms with van der Waals surface area (Å²) in [6.45, 7) is 7.33. The molecule has 0 radical (unpaired) electrons. The van der Waals surface area contributed by atoms with Crippen molar-refractivity contribution in [2.24, 2.45) is 0 Å². The van der Waals surface area contributed by atoms with Crippen LogP contribution < -0.4 is 4.90 Å². The van der Waals surface area contributed by atoms with Crippen molar-refractivity contribution < 1.29 is 0 Å². The van der Waals surface area contributed by atoms with Gasteiger partial charge in [0.05, 0.1) is 21.7 Å². The summed E-state index contributed by atoms with van der Waals surface area (Å²) < 4.78 is 2.10. The van der Waals surface area contributed by atoms with Crippen LogP contribution in [0.15, 0.2) is 66.9 Å². The van der Waals surface area contributed by atoms with E-state index in [1.807, 2.05) is 36.7 Å². The molecule has 1 aliphatic heterocycles. The number of imidazole rings is 1. The number of hydrogen-bond donors (Lipinski definition) is 0. The summed E-state index contributed by atoms with van der Waals surface area (Å²) in [7, 11) is 2.11. The van der Waals surface area contributed by atoms with Gasteiger partial charge in [-0.1, -0.05) is 54.1 Å². The highest BCUT2D eigenvalue weighted by Crippen LogP contribution is 2.36. The predicted octanol–water partition coefficient (Wildman–Crippen LogP) is 6.40. The Labute approximate surface area is 253 Å². The standard InChI is InChI=1S/C27H31ClN6S.3ClH/c1-31(14-15-32-16-18-33(19-17-32)20-21-8-4-3-5-9-21)24-12-13-29-26(25(24)28)27-30-22-10-6-7-11-23(22)34(27)35-2;;;/h3-13H,14-20H2,1-2H3;3*1H. The number of benzene rings is 2. The van der Waals surface area contributed by atoms with Gasteiger partial charge in [0.2, 0.25) is 0 Å². The van der Waals surface area contributed by atoms with E-state index < -0.39 is 0 Å². The first-order valence-corrected chi connectivity index (χ1v) is 13.6. The fraction of sp³-hybridized carbons (Fsp3) is 0.333. The summed E-state index contributed by atoms with van der Waals surface area (Å²) in [6.07, 6.45) is 3.88. The molecule has 1 fully saturated rings. The van der Waals surface area contributed by atoms with Crippen molar-refractivity contribution in [3.05, 3.63) is 77.4 Å². The summed E-state index contributed by atoms with van der Waals surface area (Å²) in [4.78, 5) is 16.8. The van der Waals surface area contributed by atoms with Crippen LogP contribution in [0.5, 0.6) is 0 Å². The molecule has 206 valence electrons. The highest BCUT2D eigenvalue weighted by Gasteiger charge is 2.21. The number of fused-ring (bicyclic) bond motifs is 1. The molecule has 0 saturated carbocycles. The molecule has 5 rings (SSSR count). The monoisotopic (exact) mass is 614 g/mol. The van der Waals surface area contributed by atoms with Gasteiger partial charge < -0.3 is 4.90 Å². The van der Waals surface area contributed by atoms with Gasteiger partial charge in [0.25, 0.3) is 0 Å². The maximum absolute atomic E-state index is 6.93. The van der Waals surface area contributed by atoms with E-state index in [4.69, 9.17) is 16.6 Å². The molecule has 1 saturated heterocycles. The maximum atomic E-state index is 6.93. The SMILES string of the molecule is CSn1c(-c2nccc(N(C)CCN3CCN(Cc4ccccc4)CC3)c2Cl)nc2ccccc21.Cl.Cl.Cl. The van der Waals surface area contributed by atoms with Gasteiger partial charge in [-0.3, -0.25) is 18.8 Å². The minimum Gasteiger partial charge on any atom is -0.372 e. The number of rotatable bonds is 8. The summed E-state index contributed by atoms with van der Waals surface area (Å²) in [5, 5.41) is 0.647. The Balaban J connectivity index is 0.00000169. The van der Waals surface area contributed by atoms with Crippen molar-refractivity contribution in [3.63, 3.8) is 0 Å². The molecule has 0 bridgehead atoms. The normalized spacial score (nSPS) is 13.9. The van der Waals surface area contributed by atoms with Gasteiger partial charge in [0, 0.05) is 65.3 Å². The average molecular weight is 616 g/mol. The second-order valence-electron chi connectivity index (χ2n) is 8.92. The van der Waals surface area contributed by atoms with Gasteiger partial charge in [0.15, 0.2) is 5.82 Å². The maximum Gasteiger partial charge on any atom is 0.171 e. The first-order chi connectivity index (χ1) is 17.1. The van der Waals surface area contributed by atoms with E-state index in [1.54, 1.807) is 11.9 Å². The molecule has 38 heavy (non-hydrogen) atoms. The van der Waals surface area contributed by atoms with Crippen LogP contribution in [0.3, 0.4) is 0 Å². The number of pyridine rings is 1. The van der Waals surface area contributed by atoms with E-state index in [0.29, 0.717) is 5.02 Å². The van der Waals surface area contributed by atoms with E-state index in [-0.39, 0.29) is 37.2 Å². The first-order valence-electron chi connectivity index (χ1n) is 12.0. The number of halogens is 4. The van der Waals surface area contributed by atoms with Crippen molar-refractivity contribution in [2.75, 3.05) is 57.5 Å². The minimum absolute atomic E-state index is 0. The van der Waals surface area contributed by atoms with Crippen molar-refractivity contribution in [1.82, 2.24) is 23.7 Å². The molecule has 11 heteroatoms. The second-order valence-corrected chi connectivity index (χ2v) is 10.0. The lowest BCUT2D eigenvalue weighted by Gasteiger charge is -2.35. The summed E-state index contributed by atoms with van der Waals surface area (Å²) in [5.41, 5.74) is 5.10. The van der Waals surface area contributed by atoms with Crippen LogP contribution in [-0.2, 0) is 6.54 Å². The number of likely N-dealkylation sites (N-methyl/N-ethyl adjacent to an activating group) is 1. The smallest absolute Gasteiger partial charge is 0.171 e. The Morgan fingerprint density at radius 2 is 1.55 bits per heavy atom. The van der Waals surface area contributed by atoms with E-state index in [1.165, 1.54) is 5.56 Å². The lowest BCUT2D eigenvalue weighted by atomic mass is 10.2. The zero-order valence-corrected chi connectivity index (χ0v) is 25.5. The number of aromatic nitrogens is 3. The molecule has 1 aliphatic rings. The van der Waals surface area contributed by atoms with Gasteiger partial charge in [0.1, 0.15) is 5.69 Å². The lowest BCUT2D eigenvalue weighted by molar-refractivity contribution is 0.129. The molecule has 2 aromatic carbocycles. The molecule has 0 aliphatic carbocycles. The second kappa shape index (κ2) is 15.2. The average Bonchev–Trinajstić information content (AvgIpc) is 3.27. The molecule has 3 heterocycles. The van der Waals surface area contributed by atoms with E-state index >= 15 is 0 Å². The Morgan fingerprint density at radius 1 is 0.895 bits per heavy atom. The third-order valence-corrected chi connectivity index (χ3v) is 7.77. The fourth-order valence-electron chi connectivity index (χ4n) is 4.65. The van der Waals surface area contributed by atoms with Crippen LogP contribution in [0.25, 0.3) is 22.6 Å². The molecule has 0 unspecified atom stereocenters. The molecule has 0 amide bonds. The van der Waals surface area contributed by atoms with Crippen LogP contribution in [0, 0.1) is 0 Å². The lowest BCUT2D eigenvalue weighted by Crippen LogP contribution is -2.47. The summed E-state index contributed by atoms with van der Waals surface area (Å²) in [6, 6.07) is 20.9. The Morgan fingerprint density at radius 3 is 2.26 bits per heavy atom. The number of para-hydroxylation sites is 2. The zero-order chi connectivity index (χ0) is 24.2. The van der Waals surface area contributed by atoms with Gasteiger partial charge in [-0.05, 0) is 35.7 Å². The van der Waals surface area contributed by atoms with Crippen molar-refractivity contribution >= 4 is 77.5 Å². The van der Waals surface area contributed by atoms with E-state index in [0.717, 1.165) is 74.1 Å². The molecule has 0 atom stereocenters. The number of hydrogen-bond acceptors (Lipinski definition) is 6. The molecular formula is C27H34Cl4N6S. The van der Waals surface area contributed by atoms with Gasteiger partial charge in [-0.25, -0.2) is 4.98 Å². The van der Waals surface area contributed by atoms with Crippen molar-refractivity contribution in [3.8, 4) is 11.5 Å². The Kier molecular flexibility index (Phi) is 13.0. The van der Waals surface area contributed by atoms with Crippen LogP contribution in [-0.4, -0.2) is 76.3 Å². The molecule has 0 N–H and O–H groups in total. The largest absolute Gasteiger partial charge is 0.372 e. The van der Waals surface area contributed by atoms with E-state index in [9.17, 15) is 0 Å².